The monoisotopic (exact) mass is 397 g/mol. The number of imide groups is 1. The van der Waals surface area contributed by atoms with Crippen LogP contribution in [0.5, 0.6) is 5.75 Å². The molecule has 2 aromatic rings. The molecule has 0 spiro atoms. The molecule has 1 atom stereocenters. The van der Waals surface area contributed by atoms with Crippen molar-refractivity contribution in [3.8, 4) is 5.75 Å². The molecule has 1 saturated carbocycles. The van der Waals surface area contributed by atoms with Crippen molar-refractivity contribution in [1.29, 1.82) is 0 Å². The van der Waals surface area contributed by atoms with E-state index in [1.807, 2.05) is 12.1 Å². The molecule has 1 fully saturated rings. The lowest BCUT2D eigenvalue weighted by Crippen LogP contribution is -2.47. The molecule has 0 bridgehead atoms. The Morgan fingerprint density at radius 3 is 2.46 bits per heavy atom. The molecule has 0 aromatic heterocycles. The van der Waals surface area contributed by atoms with Gasteiger partial charge in [0.2, 0.25) is 0 Å². The summed E-state index contributed by atoms with van der Waals surface area (Å²) < 4.78 is 5.79. The first-order valence-electron chi connectivity index (χ1n) is 8.88. The molecule has 28 heavy (non-hydrogen) atoms. The van der Waals surface area contributed by atoms with E-state index in [9.17, 15) is 19.2 Å². The number of rotatable bonds is 4. The zero-order chi connectivity index (χ0) is 19.8. The maximum absolute atomic E-state index is 13.0. The minimum Gasteiger partial charge on any atom is -0.488 e. The fraction of sp³-hybridized carbons (Fsp3) is 0.238. The SMILES string of the molecule is O=C1CCC(N2C(=O)c3cccc(OCc4ccc(Cl)cc4)c3C2=O)C(=O)C1. The van der Waals surface area contributed by atoms with Crippen molar-refractivity contribution < 1.29 is 23.9 Å². The molecule has 2 aliphatic rings. The number of hydrogen-bond donors (Lipinski definition) is 0. The second-order valence-electron chi connectivity index (χ2n) is 6.81. The van der Waals surface area contributed by atoms with Crippen LogP contribution in [0.1, 0.15) is 45.5 Å². The summed E-state index contributed by atoms with van der Waals surface area (Å²) in [6.45, 7) is 0.200. The van der Waals surface area contributed by atoms with Gasteiger partial charge in [0.05, 0.1) is 23.6 Å². The number of carbonyl (C=O) groups is 4. The number of ether oxygens (including phenoxy) is 1. The number of fused-ring (bicyclic) bond motifs is 1. The fourth-order valence-electron chi connectivity index (χ4n) is 3.55. The Morgan fingerprint density at radius 2 is 1.75 bits per heavy atom. The van der Waals surface area contributed by atoms with Crippen LogP contribution in [0.25, 0.3) is 0 Å². The molecule has 7 heteroatoms. The molecule has 1 unspecified atom stereocenters. The van der Waals surface area contributed by atoms with E-state index in [0.29, 0.717) is 5.02 Å². The van der Waals surface area contributed by atoms with Gasteiger partial charge in [0.1, 0.15) is 18.1 Å². The van der Waals surface area contributed by atoms with Crippen LogP contribution in [0.3, 0.4) is 0 Å². The van der Waals surface area contributed by atoms with Crippen molar-refractivity contribution in [3.63, 3.8) is 0 Å². The Balaban J connectivity index is 1.59. The lowest BCUT2D eigenvalue weighted by Gasteiger charge is -2.27. The second kappa shape index (κ2) is 7.20. The third-order valence-electron chi connectivity index (χ3n) is 4.97. The molecule has 6 nitrogen and oxygen atoms in total. The molecule has 2 amide bonds. The van der Waals surface area contributed by atoms with Crippen LogP contribution in [0, 0.1) is 0 Å². The minimum absolute atomic E-state index is 0.158. The number of carbonyl (C=O) groups excluding carboxylic acids is 4. The Hall–Kier alpha value is -2.99. The first-order valence-corrected chi connectivity index (χ1v) is 9.26. The first-order chi connectivity index (χ1) is 13.5. The van der Waals surface area contributed by atoms with Crippen LogP contribution in [0.15, 0.2) is 42.5 Å². The lowest BCUT2D eigenvalue weighted by atomic mass is 9.92. The van der Waals surface area contributed by atoms with Gasteiger partial charge in [0.15, 0.2) is 5.78 Å². The third-order valence-corrected chi connectivity index (χ3v) is 5.22. The van der Waals surface area contributed by atoms with E-state index in [1.54, 1.807) is 30.3 Å². The molecule has 4 rings (SSSR count). The standard InChI is InChI=1S/C21H16ClNO5/c22-13-6-4-12(5-7-13)11-28-18-3-1-2-15-19(18)21(27)23(20(15)26)16-9-8-14(24)10-17(16)25/h1-7,16H,8-11H2. The summed E-state index contributed by atoms with van der Waals surface area (Å²) in [6, 6.07) is 11.0. The zero-order valence-electron chi connectivity index (χ0n) is 14.8. The normalized spacial score (nSPS) is 19.2. The number of Topliss-reactive ketones (excluding diaryl/α,β-unsaturated/α-hetero) is 2. The molecular weight excluding hydrogens is 382 g/mol. The van der Waals surface area contributed by atoms with Crippen molar-refractivity contribution in [2.24, 2.45) is 0 Å². The number of benzene rings is 2. The summed E-state index contributed by atoms with van der Waals surface area (Å²) in [6.07, 6.45) is 0.117. The van der Waals surface area contributed by atoms with Crippen LogP contribution in [0.2, 0.25) is 5.02 Å². The van der Waals surface area contributed by atoms with E-state index in [-0.39, 0.29) is 48.5 Å². The van der Waals surface area contributed by atoms with E-state index < -0.39 is 23.6 Å². The molecular formula is C21H16ClNO5. The van der Waals surface area contributed by atoms with Crippen LogP contribution < -0.4 is 4.74 Å². The highest BCUT2D eigenvalue weighted by molar-refractivity contribution is 6.30. The van der Waals surface area contributed by atoms with E-state index in [1.165, 1.54) is 0 Å². The minimum atomic E-state index is -0.894. The maximum atomic E-state index is 13.0. The van der Waals surface area contributed by atoms with E-state index in [0.717, 1.165) is 10.5 Å². The molecule has 1 heterocycles. The Kier molecular flexibility index (Phi) is 4.73. The van der Waals surface area contributed by atoms with Crippen molar-refractivity contribution in [1.82, 2.24) is 4.90 Å². The highest BCUT2D eigenvalue weighted by Crippen LogP contribution is 2.34. The van der Waals surface area contributed by atoms with Crippen molar-refractivity contribution in [2.45, 2.75) is 31.9 Å². The van der Waals surface area contributed by atoms with Gasteiger partial charge in [0, 0.05) is 11.4 Å². The molecule has 1 aliphatic heterocycles. The van der Waals surface area contributed by atoms with Crippen molar-refractivity contribution >= 4 is 35.0 Å². The predicted molar refractivity (Wildman–Crippen MR) is 100 cm³/mol. The summed E-state index contributed by atoms with van der Waals surface area (Å²) in [4.78, 5) is 50.5. The molecule has 0 radical (unpaired) electrons. The molecule has 142 valence electrons. The van der Waals surface area contributed by atoms with E-state index in [4.69, 9.17) is 16.3 Å². The first kappa shape index (κ1) is 18.4. The molecule has 0 N–H and O–H groups in total. The Labute approximate surface area is 166 Å². The van der Waals surface area contributed by atoms with Gasteiger partial charge in [-0.1, -0.05) is 29.8 Å². The fourth-order valence-corrected chi connectivity index (χ4v) is 3.68. The van der Waals surface area contributed by atoms with Gasteiger partial charge in [0.25, 0.3) is 11.8 Å². The van der Waals surface area contributed by atoms with Crippen LogP contribution in [0.4, 0.5) is 0 Å². The van der Waals surface area contributed by atoms with Gasteiger partial charge < -0.3 is 4.74 Å². The van der Waals surface area contributed by atoms with Crippen LogP contribution in [-0.2, 0) is 16.2 Å². The number of ketones is 2. The van der Waals surface area contributed by atoms with Gasteiger partial charge >= 0.3 is 0 Å². The number of amides is 2. The molecule has 2 aromatic carbocycles. The highest BCUT2D eigenvalue weighted by atomic mass is 35.5. The summed E-state index contributed by atoms with van der Waals surface area (Å²) >= 11 is 5.87. The summed E-state index contributed by atoms with van der Waals surface area (Å²) in [5, 5.41) is 0.608. The average Bonchev–Trinajstić information content (AvgIpc) is 2.93. The number of nitrogens with zero attached hydrogens (tertiary/aromatic N) is 1. The summed E-state index contributed by atoms with van der Waals surface area (Å²) in [5.41, 5.74) is 1.23. The number of halogens is 1. The topological polar surface area (TPSA) is 80.8 Å². The van der Waals surface area contributed by atoms with Gasteiger partial charge in [-0.25, -0.2) is 0 Å². The van der Waals surface area contributed by atoms with Gasteiger partial charge in [-0.2, -0.15) is 0 Å². The predicted octanol–water partition coefficient (Wildman–Crippen LogP) is 3.21. The van der Waals surface area contributed by atoms with Crippen molar-refractivity contribution in [3.05, 3.63) is 64.2 Å². The van der Waals surface area contributed by atoms with E-state index in [2.05, 4.69) is 0 Å². The van der Waals surface area contributed by atoms with Crippen LogP contribution in [-0.4, -0.2) is 34.3 Å². The maximum Gasteiger partial charge on any atom is 0.266 e. The Morgan fingerprint density at radius 1 is 1.00 bits per heavy atom. The van der Waals surface area contributed by atoms with Gasteiger partial charge in [-0.05, 0) is 36.2 Å². The second-order valence-corrected chi connectivity index (χ2v) is 7.25. The van der Waals surface area contributed by atoms with Gasteiger partial charge in [-0.15, -0.1) is 0 Å². The quantitative estimate of drug-likeness (QED) is 0.584. The molecule has 1 aliphatic carbocycles. The third kappa shape index (κ3) is 3.20. The van der Waals surface area contributed by atoms with Gasteiger partial charge in [-0.3, -0.25) is 24.1 Å². The largest absolute Gasteiger partial charge is 0.488 e. The Bertz CT molecular complexity index is 998. The smallest absolute Gasteiger partial charge is 0.266 e. The number of hydrogen-bond acceptors (Lipinski definition) is 5. The highest BCUT2D eigenvalue weighted by Gasteiger charge is 2.45. The van der Waals surface area contributed by atoms with Crippen molar-refractivity contribution in [2.75, 3.05) is 0 Å². The van der Waals surface area contributed by atoms with E-state index >= 15 is 0 Å². The summed E-state index contributed by atoms with van der Waals surface area (Å²) in [7, 11) is 0. The van der Waals surface area contributed by atoms with Crippen LogP contribution >= 0.6 is 11.6 Å². The zero-order valence-corrected chi connectivity index (χ0v) is 15.6. The average molecular weight is 398 g/mol. The lowest BCUT2D eigenvalue weighted by molar-refractivity contribution is -0.132. The summed E-state index contributed by atoms with van der Waals surface area (Å²) in [5.74, 6) is -1.35. The molecule has 0 saturated heterocycles.